The quantitative estimate of drug-likeness (QED) is 0.554. The highest BCUT2D eigenvalue weighted by Gasteiger charge is 2.33. The molecule has 0 spiro atoms. The van der Waals surface area contributed by atoms with Crippen molar-refractivity contribution in [1.29, 1.82) is 0 Å². The Labute approximate surface area is 184 Å². The highest BCUT2D eigenvalue weighted by atomic mass is 32.2. The Balaban J connectivity index is 1.54. The van der Waals surface area contributed by atoms with Crippen molar-refractivity contribution >= 4 is 23.6 Å². The average molecular weight is 440 g/mol. The molecular weight excluding hydrogens is 417 g/mol. The molecule has 2 aromatic carbocycles. The Morgan fingerprint density at radius 1 is 1.13 bits per heavy atom. The number of benzene rings is 2. The van der Waals surface area contributed by atoms with Gasteiger partial charge in [0.25, 0.3) is 5.91 Å². The first-order valence-electron chi connectivity index (χ1n) is 10.0. The van der Waals surface area contributed by atoms with E-state index in [9.17, 15) is 14.0 Å². The number of aromatic nitrogens is 2. The van der Waals surface area contributed by atoms with Crippen molar-refractivity contribution in [2.45, 2.75) is 29.7 Å². The van der Waals surface area contributed by atoms with Crippen molar-refractivity contribution in [2.24, 2.45) is 0 Å². The van der Waals surface area contributed by atoms with Crippen molar-refractivity contribution in [3.05, 3.63) is 72.3 Å². The molecular formula is C23H22FN3O3S. The molecule has 8 heteroatoms. The molecule has 1 atom stereocenters. The van der Waals surface area contributed by atoms with E-state index < -0.39 is 17.0 Å². The van der Waals surface area contributed by atoms with E-state index in [0.29, 0.717) is 23.7 Å². The molecule has 1 saturated heterocycles. The second-order valence-corrected chi connectivity index (χ2v) is 8.35. The predicted octanol–water partition coefficient (Wildman–Crippen LogP) is 4.33. The number of nitrogens with zero attached hydrogens (tertiary/aromatic N) is 3. The molecule has 0 unspecified atom stereocenters. The maximum absolute atomic E-state index is 13.2. The highest BCUT2D eigenvalue weighted by molar-refractivity contribution is 8.00. The number of ether oxygens (including phenoxy) is 1. The Bertz CT molecular complexity index is 1070. The van der Waals surface area contributed by atoms with E-state index in [1.807, 2.05) is 35.0 Å². The standard InChI is InChI=1S/C23H22FN3O3S/c1-30-19-11-9-18(10-12-19)26-15-13-25-23(26)31-20-4-2-3-14-27(22(20)29)21(28)16-5-7-17(24)8-6-16/h5-13,15,20H,2-4,14H2,1H3/t20-/m1/s1. The van der Waals surface area contributed by atoms with E-state index in [1.165, 1.54) is 40.9 Å². The van der Waals surface area contributed by atoms with Crippen LogP contribution in [0.2, 0.25) is 0 Å². The fourth-order valence-electron chi connectivity index (χ4n) is 3.51. The number of hydrogen-bond donors (Lipinski definition) is 0. The van der Waals surface area contributed by atoms with Gasteiger partial charge in [-0.3, -0.25) is 19.1 Å². The largest absolute Gasteiger partial charge is 0.497 e. The van der Waals surface area contributed by atoms with Gasteiger partial charge in [0.1, 0.15) is 11.6 Å². The van der Waals surface area contributed by atoms with Crippen LogP contribution in [0.25, 0.3) is 5.69 Å². The average Bonchev–Trinajstić information content (AvgIpc) is 3.18. The highest BCUT2D eigenvalue weighted by Crippen LogP contribution is 2.31. The van der Waals surface area contributed by atoms with E-state index in [1.54, 1.807) is 13.3 Å². The summed E-state index contributed by atoms with van der Waals surface area (Å²) < 4.78 is 20.3. The normalized spacial score (nSPS) is 16.8. The van der Waals surface area contributed by atoms with Gasteiger partial charge in [-0.05, 0) is 61.4 Å². The molecule has 0 saturated carbocycles. The van der Waals surface area contributed by atoms with Crippen LogP contribution in [0.3, 0.4) is 0 Å². The maximum atomic E-state index is 13.2. The number of rotatable bonds is 5. The van der Waals surface area contributed by atoms with Crippen molar-refractivity contribution in [1.82, 2.24) is 14.5 Å². The van der Waals surface area contributed by atoms with Gasteiger partial charge < -0.3 is 4.74 Å². The van der Waals surface area contributed by atoms with Gasteiger partial charge in [0.2, 0.25) is 5.91 Å². The molecule has 1 aliphatic heterocycles. The van der Waals surface area contributed by atoms with Gasteiger partial charge in [-0.1, -0.05) is 18.2 Å². The number of carbonyl (C=O) groups is 2. The van der Waals surface area contributed by atoms with Crippen LogP contribution in [0.15, 0.2) is 66.1 Å². The third-order valence-corrected chi connectivity index (χ3v) is 6.42. The number of methoxy groups -OCH3 is 1. The van der Waals surface area contributed by atoms with Crippen molar-refractivity contribution in [3.8, 4) is 11.4 Å². The van der Waals surface area contributed by atoms with Gasteiger partial charge >= 0.3 is 0 Å². The Hall–Kier alpha value is -3.13. The summed E-state index contributed by atoms with van der Waals surface area (Å²) in [7, 11) is 1.62. The molecule has 4 rings (SSSR count). The van der Waals surface area contributed by atoms with Crippen molar-refractivity contribution < 1.29 is 18.7 Å². The summed E-state index contributed by atoms with van der Waals surface area (Å²) in [4.78, 5) is 31.9. The fourth-order valence-corrected chi connectivity index (χ4v) is 4.68. The SMILES string of the molecule is COc1ccc(-n2ccnc2S[C@@H]2CCCCN(C(=O)c3ccc(F)cc3)C2=O)cc1. The molecule has 0 N–H and O–H groups in total. The zero-order valence-electron chi connectivity index (χ0n) is 17.0. The zero-order chi connectivity index (χ0) is 21.8. The molecule has 1 aliphatic rings. The number of amides is 2. The van der Waals surface area contributed by atoms with Crippen LogP contribution < -0.4 is 4.74 Å². The van der Waals surface area contributed by atoms with Crippen LogP contribution in [0.4, 0.5) is 4.39 Å². The van der Waals surface area contributed by atoms with E-state index in [2.05, 4.69) is 4.98 Å². The third-order valence-electron chi connectivity index (χ3n) is 5.18. The lowest BCUT2D eigenvalue weighted by atomic mass is 10.2. The minimum atomic E-state index is -0.425. The lowest BCUT2D eigenvalue weighted by Gasteiger charge is -2.22. The minimum Gasteiger partial charge on any atom is -0.497 e. The van der Waals surface area contributed by atoms with Gasteiger partial charge in [0.05, 0.1) is 12.4 Å². The van der Waals surface area contributed by atoms with Crippen molar-refractivity contribution in [3.63, 3.8) is 0 Å². The topological polar surface area (TPSA) is 64.4 Å². The monoisotopic (exact) mass is 439 g/mol. The van der Waals surface area contributed by atoms with Gasteiger partial charge in [-0.2, -0.15) is 0 Å². The van der Waals surface area contributed by atoms with Crippen LogP contribution in [-0.4, -0.2) is 45.2 Å². The number of likely N-dealkylation sites (tertiary alicyclic amines) is 1. The number of imidazole rings is 1. The molecule has 0 aliphatic carbocycles. The van der Waals surface area contributed by atoms with Gasteiger partial charge in [0, 0.05) is 30.2 Å². The molecule has 2 heterocycles. The van der Waals surface area contributed by atoms with E-state index >= 15 is 0 Å². The number of hydrogen-bond acceptors (Lipinski definition) is 5. The summed E-state index contributed by atoms with van der Waals surface area (Å²) in [6.07, 6.45) is 5.76. The van der Waals surface area contributed by atoms with Crippen LogP contribution in [0.5, 0.6) is 5.75 Å². The first-order valence-corrected chi connectivity index (χ1v) is 10.9. The van der Waals surface area contributed by atoms with Gasteiger partial charge in [-0.25, -0.2) is 9.37 Å². The molecule has 1 fully saturated rings. The zero-order valence-corrected chi connectivity index (χ0v) is 17.8. The second kappa shape index (κ2) is 9.34. The fraction of sp³-hybridized carbons (Fsp3) is 0.261. The number of halogens is 1. The Morgan fingerprint density at radius 3 is 2.58 bits per heavy atom. The van der Waals surface area contributed by atoms with Crippen LogP contribution in [0.1, 0.15) is 29.6 Å². The summed E-state index contributed by atoms with van der Waals surface area (Å²) >= 11 is 1.36. The summed E-state index contributed by atoms with van der Waals surface area (Å²) in [6.45, 7) is 0.360. The van der Waals surface area contributed by atoms with E-state index in [0.717, 1.165) is 24.3 Å². The van der Waals surface area contributed by atoms with Crippen molar-refractivity contribution in [2.75, 3.05) is 13.7 Å². The molecule has 0 radical (unpaired) electrons. The van der Waals surface area contributed by atoms with Gasteiger partial charge in [-0.15, -0.1) is 0 Å². The number of imide groups is 1. The lowest BCUT2D eigenvalue weighted by Crippen LogP contribution is -2.41. The molecule has 1 aromatic heterocycles. The maximum Gasteiger partial charge on any atom is 0.260 e. The van der Waals surface area contributed by atoms with E-state index in [-0.39, 0.29) is 5.91 Å². The molecule has 31 heavy (non-hydrogen) atoms. The summed E-state index contributed by atoms with van der Waals surface area (Å²) in [5, 5.41) is 0.255. The second-order valence-electron chi connectivity index (χ2n) is 7.18. The summed E-state index contributed by atoms with van der Waals surface area (Å²) in [5.74, 6) is -0.290. The van der Waals surface area contributed by atoms with Crippen LogP contribution >= 0.6 is 11.8 Å². The molecule has 2 amide bonds. The summed E-state index contributed by atoms with van der Waals surface area (Å²) in [6, 6.07) is 12.9. The smallest absolute Gasteiger partial charge is 0.260 e. The van der Waals surface area contributed by atoms with Crippen LogP contribution in [0, 0.1) is 5.82 Å². The molecule has 3 aromatic rings. The molecule has 0 bridgehead atoms. The summed E-state index contributed by atoms with van der Waals surface area (Å²) in [5.41, 5.74) is 1.21. The Kier molecular flexibility index (Phi) is 6.36. The number of carbonyl (C=O) groups excluding carboxylic acids is 2. The van der Waals surface area contributed by atoms with Gasteiger partial charge in [0.15, 0.2) is 5.16 Å². The molecule has 6 nitrogen and oxygen atoms in total. The first kappa shape index (κ1) is 21.1. The predicted molar refractivity (Wildman–Crippen MR) is 116 cm³/mol. The Morgan fingerprint density at radius 2 is 1.87 bits per heavy atom. The number of thioether (sulfide) groups is 1. The minimum absolute atomic E-state index is 0.235. The first-order chi connectivity index (χ1) is 15.1. The lowest BCUT2D eigenvalue weighted by molar-refractivity contribution is -0.127. The van der Waals surface area contributed by atoms with Crippen LogP contribution in [-0.2, 0) is 4.79 Å². The van der Waals surface area contributed by atoms with E-state index in [4.69, 9.17) is 4.74 Å². The third kappa shape index (κ3) is 4.64. The molecule has 160 valence electrons.